The van der Waals surface area contributed by atoms with Crippen LogP contribution in [0.1, 0.15) is 36.5 Å². The molecule has 2 N–H and O–H groups in total. The Balaban J connectivity index is 1.86. The molecule has 0 saturated heterocycles. The molecular formula is C21H26N2O4. The van der Waals surface area contributed by atoms with Gasteiger partial charge >= 0.3 is 0 Å². The molecule has 0 saturated carbocycles. The van der Waals surface area contributed by atoms with Crippen LogP contribution in [0.15, 0.2) is 48.5 Å². The molecule has 0 fully saturated rings. The Morgan fingerprint density at radius 3 is 2.11 bits per heavy atom. The SMILES string of the molecule is CCCCCOc1ccc(C(=O)Nc2ccc(NC(=O)COC)cc2)cc1. The van der Waals surface area contributed by atoms with E-state index in [1.54, 1.807) is 48.5 Å². The molecule has 0 heterocycles. The molecule has 2 amide bonds. The second kappa shape index (κ2) is 11.0. The van der Waals surface area contributed by atoms with Gasteiger partial charge in [-0.3, -0.25) is 9.59 Å². The van der Waals surface area contributed by atoms with Crippen molar-refractivity contribution < 1.29 is 19.1 Å². The van der Waals surface area contributed by atoms with Gasteiger partial charge in [0.05, 0.1) is 6.61 Å². The zero-order chi connectivity index (χ0) is 19.5. The number of anilines is 2. The summed E-state index contributed by atoms with van der Waals surface area (Å²) in [5.74, 6) is 0.328. The highest BCUT2D eigenvalue weighted by Gasteiger charge is 2.07. The first-order valence-corrected chi connectivity index (χ1v) is 9.05. The highest BCUT2D eigenvalue weighted by Crippen LogP contribution is 2.17. The summed E-state index contributed by atoms with van der Waals surface area (Å²) >= 11 is 0. The predicted molar refractivity (Wildman–Crippen MR) is 106 cm³/mol. The average Bonchev–Trinajstić information content (AvgIpc) is 2.67. The van der Waals surface area contributed by atoms with Gasteiger partial charge in [-0.1, -0.05) is 19.8 Å². The van der Waals surface area contributed by atoms with Crippen molar-refractivity contribution in [3.8, 4) is 5.75 Å². The quantitative estimate of drug-likeness (QED) is 0.618. The first-order valence-electron chi connectivity index (χ1n) is 9.05. The molecule has 0 radical (unpaired) electrons. The Kier molecular flexibility index (Phi) is 8.32. The molecule has 2 rings (SSSR count). The molecule has 0 unspecified atom stereocenters. The highest BCUT2D eigenvalue weighted by molar-refractivity contribution is 6.04. The van der Waals surface area contributed by atoms with E-state index in [4.69, 9.17) is 9.47 Å². The number of carbonyl (C=O) groups is 2. The smallest absolute Gasteiger partial charge is 0.255 e. The summed E-state index contributed by atoms with van der Waals surface area (Å²) in [5, 5.41) is 5.52. The van der Waals surface area contributed by atoms with Crippen LogP contribution < -0.4 is 15.4 Å². The summed E-state index contributed by atoms with van der Waals surface area (Å²) in [6, 6.07) is 14.0. The second-order valence-electron chi connectivity index (χ2n) is 6.09. The van der Waals surface area contributed by atoms with Crippen molar-refractivity contribution in [1.29, 1.82) is 0 Å². The van der Waals surface area contributed by atoms with Crippen LogP contribution in [0.3, 0.4) is 0 Å². The highest BCUT2D eigenvalue weighted by atomic mass is 16.5. The maximum absolute atomic E-state index is 12.3. The van der Waals surface area contributed by atoms with Crippen LogP contribution in [-0.2, 0) is 9.53 Å². The third-order valence-electron chi connectivity index (χ3n) is 3.84. The lowest BCUT2D eigenvalue weighted by atomic mass is 10.2. The molecule has 0 aliphatic carbocycles. The van der Waals surface area contributed by atoms with Crippen LogP contribution in [0, 0.1) is 0 Å². The number of nitrogens with one attached hydrogen (secondary N) is 2. The first-order chi connectivity index (χ1) is 13.1. The fourth-order valence-corrected chi connectivity index (χ4v) is 2.41. The van der Waals surface area contributed by atoms with Crippen LogP contribution in [-0.4, -0.2) is 32.1 Å². The third kappa shape index (κ3) is 7.11. The molecule has 0 bridgehead atoms. The van der Waals surface area contributed by atoms with Gasteiger partial charge in [-0.05, 0) is 55.0 Å². The van der Waals surface area contributed by atoms with Gasteiger partial charge in [-0.2, -0.15) is 0 Å². The summed E-state index contributed by atoms with van der Waals surface area (Å²) in [4.78, 5) is 23.8. The van der Waals surface area contributed by atoms with Gasteiger partial charge in [0.2, 0.25) is 5.91 Å². The zero-order valence-electron chi connectivity index (χ0n) is 15.8. The van der Waals surface area contributed by atoms with Gasteiger partial charge in [0, 0.05) is 24.0 Å². The maximum atomic E-state index is 12.3. The first kappa shape index (κ1) is 20.5. The molecule has 27 heavy (non-hydrogen) atoms. The van der Waals surface area contributed by atoms with Gasteiger partial charge in [0.1, 0.15) is 12.4 Å². The molecular weight excluding hydrogens is 344 g/mol. The minimum atomic E-state index is -0.230. The van der Waals surface area contributed by atoms with Crippen molar-refractivity contribution in [2.45, 2.75) is 26.2 Å². The standard InChI is InChI=1S/C21H26N2O4/c1-3-4-5-14-27-19-12-6-16(7-13-19)21(25)23-18-10-8-17(9-11-18)22-20(24)15-26-2/h6-13H,3-5,14-15H2,1-2H3,(H,22,24)(H,23,25). The van der Waals surface area contributed by atoms with E-state index < -0.39 is 0 Å². The molecule has 0 aromatic heterocycles. The van der Waals surface area contributed by atoms with Crippen LogP contribution in [0.25, 0.3) is 0 Å². The molecule has 144 valence electrons. The van der Waals surface area contributed by atoms with E-state index in [1.807, 2.05) is 0 Å². The molecule has 0 spiro atoms. The molecule has 0 atom stereocenters. The number of rotatable bonds is 10. The molecule has 6 nitrogen and oxygen atoms in total. The minimum Gasteiger partial charge on any atom is -0.494 e. The van der Waals surface area contributed by atoms with Crippen LogP contribution in [0.4, 0.5) is 11.4 Å². The lowest BCUT2D eigenvalue weighted by molar-refractivity contribution is -0.119. The average molecular weight is 370 g/mol. The molecule has 6 heteroatoms. The summed E-state index contributed by atoms with van der Waals surface area (Å²) < 4.78 is 10.4. The molecule has 0 aliphatic rings. The minimum absolute atomic E-state index is 0.00317. The number of hydrogen-bond donors (Lipinski definition) is 2. The van der Waals surface area contributed by atoms with E-state index in [1.165, 1.54) is 7.11 Å². The van der Waals surface area contributed by atoms with E-state index in [9.17, 15) is 9.59 Å². The number of ether oxygens (including phenoxy) is 2. The monoisotopic (exact) mass is 370 g/mol. The largest absolute Gasteiger partial charge is 0.494 e. The van der Waals surface area contributed by atoms with Crippen molar-refractivity contribution in [3.05, 3.63) is 54.1 Å². The van der Waals surface area contributed by atoms with Gasteiger partial charge in [0.25, 0.3) is 5.91 Å². The van der Waals surface area contributed by atoms with Gasteiger partial charge < -0.3 is 20.1 Å². The lowest BCUT2D eigenvalue weighted by Gasteiger charge is -2.09. The Labute approximate surface area is 159 Å². The lowest BCUT2D eigenvalue weighted by Crippen LogP contribution is -2.17. The molecule has 0 aliphatic heterocycles. The summed E-state index contributed by atoms with van der Waals surface area (Å²) in [5.41, 5.74) is 1.83. The third-order valence-corrected chi connectivity index (χ3v) is 3.84. The Morgan fingerprint density at radius 1 is 0.889 bits per heavy atom. The summed E-state index contributed by atoms with van der Waals surface area (Å²) in [7, 11) is 1.46. The van der Waals surface area contributed by atoms with Crippen LogP contribution in [0.5, 0.6) is 5.75 Å². The van der Waals surface area contributed by atoms with Crippen molar-refractivity contribution in [3.63, 3.8) is 0 Å². The number of carbonyl (C=O) groups excluding carboxylic acids is 2. The van der Waals surface area contributed by atoms with Crippen molar-refractivity contribution in [2.75, 3.05) is 31.0 Å². The van der Waals surface area contributed by atoms with E-state index in [0.29, 0.717) is 23.5 Å². The van der Waals surface area contributed by atoms with Crippen LogP contribution >= 0.6 is 0 Å². The topological polar surface area (TPSA) is 76.7 Å². The van der Waals surface area contributed by atoms with E-state index in [-0.39, 0.29) is 18.4 Å². The molecule has 2 aromatic carbocycles. The van der Waals surface area contributed by atoms with Crippen LogP contribution in [0.2, 0.25) is 0 Å². The fraction of sp³-hybridized carbons (Fsp3) is 0.333. The normalized spacial score (nSPS) is 10.3. The van der Waals surface area contributed by atoms with Crippen molar-refractivity contribution in [2.24, 2.45) is 0 Å². The van der Waals surface area contributed by atoms with E-state index in [0.717, 1.165) is 25.0 Å². The maximum Gasteiger partial charge on any atom is 0.255 e. The molecule has 2 aromatic rings. The number of hydrogen-bond acceptors (Lipinski definition) is 4. The Bertz CT molecular complexity index is 727. The van der Waals surface area contributed by atoms with Gasteiger partial charge in [-0.25, -0.2) is 0 Å². The van der Waals surface area contributed by atoms with E-state index in [2.05, 4.69) is 17.6 Å². The van der Waals surface area contributed by atoms with Gasteiger partial charge in [-0.15, -0.1) is 0 Å². The number of benzene rings is 2. The fourth-order valence-electron chi connectivity index (χ4n) is 2.41. The number of amides is 2. The van der Waals surface area contributed by atoms with Gasteiger partial charge in [0.15, 0.2) is 0 Å². The number of methoxy groups -OCH3 is 1. The summed E-state index contributed by atoms with van der Waals surface area (Å²) in [6.45, 7) is 2.84. The Hall–Kier alpha value is -2.86. The van der Waals surface area contributed by atoms with Crippen molar-refractivity contribution >= 4 is 23.2 Å². The second-order valence-corrected chi connectivity index (χ2v) is 6.09. The zero-order valence-corrected chi connectivity index (χ0v) is 15.8. The predicted octanol–water partition coefficient (Wildman–Crippen LogP) is 4.09. The van der Waals surface area contributed by atoms with Crippen molar-refractivity contribution in [1.82, 2.24) is 0 Å². The Morgan fingerprint density at radius 2 is 1.52 bits per heavy atom. The number of unbranched alkanes of at least 4 members (excludes halogenated alkanes) is 2. The van der Waals surface area contributed by atoms with E-state index >= 15 is 0 Å². The summed E-state index contributed by atoms with van der Waals surface area (Å²) in [6.07, 6.45) is 3.33.